The SMILES string of the molecule is CC(=O)c1ccc(NC(=O)O[C@@H](CCC/C=C/C(=O)NO)c2cc(Br)ccc2O)cc1. The number of rotatable bonds is 9. The third-order valence-corrected chi connectivity index (χ3v) is 4.83. The van der Waals surface area contributed by atoms with Crippen molar-refractivity contribution in [1.29, 1.82) is 0 Å². The van der Waals surface area contributed by atoms with Crippen molar-refractivity contribution in [3.63, 3.8) is 0 Å². The fraction of sp³-hybridized carbons (Fsp3) is 0.227. The molecular formula is C22H23BrN2O6. The van der Waals surface area contributed by atoms with Gasteiger partial charge in [-0.05, 0) is 68.7 Å². The highest BCUT2D eigenvalue weighted by atomic mass is 79.9. The molecule has 0 saturated carbocycles. The predicted octanol–water partition coefficient (Wildman–Crippen LogP) is 4.88. The summed E-state index contributed by atoms with van der Waals surface area (Å²) in [6, 6.07) is 11.2. The topological polar surface area (TPSA) is 125 Å². The van der Waals surface area contributed by atoms with Crippen molar-refractivity contribution in [2.24, 2.45) is 0 Å². The maximum Gasteiger partial charge on any atom is 0.412 e. The number of halogens is 1. The zero-order valence-corrected chi connectivity index (χ0v) is 18.4. The molecule has 1 atom stereocenters. The fourth-order valence-electron chi connectivity index (χ4n) is 2.77. The van der Waals surface area contributed by atoms with Crippen LogP contribution in [-0.2, 0) is 9.53 Å². The number of phenolic OH excluding ortho intramolecular Hbond substituents is 1. The highest BCUT2D eigenvalue weighted by Crippen LogP contribution is 2.33. The number of ketones is 1. The third kappa shape index (κ3) is 7.88. The van der Waals surface area contributed by atoms with Crippen LogP contribution < -0.4 is 10.8 Å². The van der Waals surface area contributed by atoms with E-state index in [1.165, 1.54) is 24.5 Å². The van der Waals surface area contributed by atoms with Gasteiger partial charge in [-0.1, -0.05) is 22.0 Å². The van der Waals surface area contributed by atoms with Crippen LogP contribution in [0.5, 0.6) is 5.75 Å². The van der Waals surface area contributed by atoms with Crippen LogP contribution in [0, 0.1) is 0 Å². The number of carbonyl (C=O) groups excluding carboxylic acids is 3. The Balaban J connectivity index is 2.07. The minimum Gasteiger partial charge on any atom is -0.508 e. The van der Waals surface area contributed by atoms with Crippen molar-refractivity contribution in [3.05, 3.63) is 70.2 Å². The van der Waals surface area contributed by atoms with E-state index in [2.05, 4.69) is 21.2 Å². The normalized spacial score (nSPS) is 11.7. The molecule has 0 radical (unpaired) electrons. The predicted molar refractivity (Wildman–Crippen MR) is 118 cm³/mol. The molecule has 2 rings (SSSR count). The number of aromatic hydroxyl groups is 1. The number of unbranched alkanes of at least 4 members (excludes halogenated alkanes) is 1. The van der Waals surface area contributed by atoms with Gasteiger partial charge in [0.2, 0.25) is 0 Å². The Morgan fingerprint density at radius 2 is 1.87 bits per heavy atom. The molecule has 2 amide bonds. The number of allylic oxidation sites excluding steroid dienone is 1. The monoisotopic (exact) mass is 490 g/mol. The molecule has 0 aromatic heterocycles. The van der Waals surface area contributed by atoms with Gasteiger partial charge in [-0.2, -0.15) is 0 Å². The van der Waals surface area contributed by atoms with Crippen LogP contribution >= 0.6 is 15.9 Å². The molecule has 0 bridgehead atoms. The van der Waals surface area contributed by atoms with Gasteiger partial charge in [0.25, 0.3) is 5.91 Å². The summed E-state index contributed by atoms with van der Waals surface area (Å²) in [6.45, 7) is 1.46. The quantitative estimate of drug-likeness (QED) is 0.130. The smallest absolute Gasteiger partial charge is 0.412 e. The highest BCUT2D eigenvalue weighted by molar-refractivity contribution is 9.10. The number of hydrogen-bond acceptors (Lipinski definition) is 6. The summed E-state index contributed by atoms with van der Waals surface area (Å²) in [7, 11) is 0. The van der Waals surface area contributed by atoms with E-state index < -0.39 is 18.1 Å². The average molecular weight is 491 g/mol. The molecule has 164 valence electrons. The lowest BCUT2D eigenvalue weighted by Gasteiger charge is -2.20. The number of amides is 2. The van der Waals surface area contributed by atoms with Crippen LogP contribution in [-0.4, -0.2) is 28.1 Å². The Morgan fingerprint density at radius 3 is 2.52 bits per heavy atom. The summed E-state index contributed by atoms with van der Waals surface area (Å²) in [5.41, 5.74) is 2.93. The zero-order valence-electron chi connectivity index (χ0n) is 16.8. The average Bonchev–Trinajstić information content (AvgIpc) is 2.74. The van der Waals surface area contributed by atoms with E-state index in [0.717, 1.165) is 0 Å². The van der Waals surface area contributed by atoms with Gasteiger partial charge in [-0.3, -0.25) is 20.1 Å². The van der Waals surface area contributed by atoms with E-state index in [1.54, 1.807) is 42.5 Å². The van der Waals surface area contributed by atoms with Crippen LogP contribution in [0.4, 0.5) is 10.5 Å². The Hall–Kier alpha value is -3.17. The first kappa shape index (κ1) is 24.1. The number of hydrogen-bond donors (Lipinski definition) is 4. The van der Waals surface area contributed by atoms with Gasteiger partial charge < -0.3 is 9.84 Å². The third-order valence-electron chi connectivity index (χ3n) is 4.34. The van der Waals surface area contributed by atoms with Crippen LogP contribution in [0.1, 0.15) is 48.2 Å². The second-order valence-electron chi connectivity index (χ2n) is 6.66. The lowest BCUT2D eigenvalue weighted by Crippen LogP contribution is -2.18. The molecule has 0 heterocycles. The highest BCUT2D eigenvalue weighted by Gasteiger charge is 2.20. The van der Waals surface area contributed by atoms with E-state index in [-0.39, 0.29) is 11.5 Å². The van der Waals surface area contributed by atoms with Crippen molar-refractivity contribution in [3.8, 4) is 5.75 Å². The Morgan fingerprint density at radius 1 is 1.16 bits per heavy atom. The Kier molecular flexibility index (Phi) is 9.23. The number of phenols is 1. The van der Waals surface area contributed by atoms with E-state index in [4.69, 9.17) is 9.94 Å². The van der Waals surface area contributed by atoms with Crippen molar-refractivity contribution in [2.45, 2.75) is 32.3 Å². The molecule has 0 aliphatic carbocycles. The largest absolute Gasteiger partial charge is 0.508 e. The van der Waals surface area contributed by atoms with Gasteiger partial charge in [-0.15, -0.1) is 0 Å². The maximum atomic E-state index is 12.4. The van der Waals surface area contributed by atoms with Crippen LogP contribution in [0.15, 0.2) is 59.1 Å². The number of ether oxygens (including phenoxy) is 1. The molecule has 0 spiro atoms. The van der Waals surface area contributed by atoms with Crippen LogP contribution in [0.2, 0.25) is 0 Å². The number of carbonyl (C=O) groups is 3. The number of hydroxylamine groups is 1. The molecule has 0 fully saturated rings. The molecular weight excluding hydrogens is 468 g/mol. The number of nitrogens with one attached hydrogen (secondary N) is 2. The van der Waals surface area contributed by atoms with Crippen molar-refractivity contribution in [1.82, 2.24) is 5.48 Å². The van der Waals surface area contributed by atoms with Gasteiger partial charge in [0.05, 0.1) is 0 Å². The molecule has 2 aromatic carbocycles. The second-order valence-corrected chi connectivity index (χ2v) is 7.58. The maximum absolute atomic E-state index is 12.4. The first-order valence-corrected chi connectivity index (χ1v) is 10.3. The van der Waals surface area contributed by atoms with Crippen molar-refractivity contribution >= 4 is 39.4 Å². The summed E-state index contributed by atoms with van der Waals surface area (Å²) in [5.74, 6) is -0.723. The summed E-state index contributed by atoms with van der Waals surface area (Å²) in [5, 5.41) is 21.3. The number of benzene rings is 2. The molecule has 2 aromatic rings. The van der Waals surface area contributed by atoms with Crippen LogP contribution in [0.25, 0.3) is 0 Å². The van der Waals surface area contributed by atoms with Crippen molar-refractivity contribution in [2.75, 3.05) is 5.32 Å². The molecule has 8 nitrogen and oxygen atoms in total. The van der Waals surface area contributed by atoms with Crippen molar-refractivity contribution < 1.29 is 29.4 Å². The molecule has 31 heavy (non-hydrogen) atoms. The first-order chi connectivity index (χ1) is 14.8. The second kappa shape index (κ2) is 11.9. The van der Waals surface area contributed by atoms with Gasteiger partial charge >= 0.3 is 6.09 Å². The minimum atomic E-state index is -0.742. The van der Waals surface area contributed by atoms with E-state index >= 15 is 0 Å². The Labute approximate surface area is 188 Å². The lowest BCUT2D eigenvalue weighted by atomic mass is 10.0. The number of Topliss-reactive ketones (excluding diaryl/α,β-unsaturated/α-hetero) is 1. The minimum absolute atomic E-state index is 0.0120. The lowest BCUT2D eigenvalue weighted by molar-refractivity contribution is -0.124. The molecule has 0 saturated heterocycles. The molecule has 0 aliphatic heterocycles. The first-order valence-electron chi connectivity index (χ1n) is 9.47. The van der Waals surface area contributed by atoms with Gasteiger partial charge in [0.15, 0.2) is 5.78 Å². The number of anilines is 1. The standard InChI is InChI=1S/C22H23BrN2O6/c1-14(26)15-7-10-17(11-8-15)24-22(29)31-20(5-3-2-4-6-21(28)25-30)18-13-16(23)9-12-19(18)27/h4,6-13,20,27,30H,2-3,5H2,1H3,(H,24,29)(H,25,28)/b6-4+/t20-/m0/s1. The van der Waals surface area contributed by atoms with Gasteiger partial charge in [-0.25, -0.2) is 10.3 Å². The zero-order chi connectivity index (χ0) is 22.8. The molecule has 0 unspecified atom stereocenters. The van der Waals surface area contributed by atoms with Gasteiger partial charge in [0.1, 0.15) is 11.9 Å². The summed E-state index contributed by atoms with van der Waals surface area (Å²) < 4.78 is 6.28. The summed E-state index contributed by atoms with van der Waals surface area (Å²) >= 11 is 3.35. The van der Waals surface area contributed by atoms with Crippen LogP contribution in [0.3, 0.4) is 0 Å². The van der Waals surface area contributed by atoms with Gasteiger partial charge in [0, 0.05) is 27.4 Å². The van der Waals surface area contributed by atoms with E-state index in [9.17, 15) is 19.5 Å². The fourth-order valence-corrected chi connectivity index (χ4v) is 3.15. The molecule has 4 N–H and O–H groups in total. The van der Waals surface area contributed by atoms with E-state index in [0.29, 0.717) is 40.5 Å². The molecule has 9 heteroatoms. The summed E-state index contributed by atoms with van der Waals surface area (Å²) in [4.78, 5) is 34.8. The Bertz CT molecular complexity index is 959. The molecule has 0 aliphatic rings. The van der Waals surface area contributed by atoms with E-state index in [1.807, 2.05) is 0 Å². The summed E-state index contributed by atoms with van der Waals surface area (Å²) in [6.07, 6.45) is 2.75.